The Bertz CT molecular complexity index is 573. The summed E-state index contributed by atoms with van der Waals surface area (Å²) in [6, 6.07) is 13.1. The molecule has 0 bridgehead atoms. The van der Waals surface area contributed by atoms with Gasteiger partial charge in [-0.05, 0) is 42.8 Å². The Balaban J connectivity index is 1.75. The number of halogens is 2. The van der Waals surface area contributed by atoms with E-state index in [0.29, 0.717) is 35.6 Å². The first-order valence-electron chi connectivity index (χ1n) is 6.68. The van der Waals surface area contributed by atoms with Crippen LogP contribution < -0.4 is 15.2 Å². The highest BCUT2D eigenvalue weighted by Gasteiger charge is 2.01. The van der Waals surface area contributed by atoms with Crippen molar-refractivity contribution in [1.29, 1.82) is 0 Å². The van der Waals surface area contributed by atoms with Crippen molar-refractivity contribution in [1.82, 2.24) is 0 Å². The van der Waals surface area contributed by atoms with Crippen molar-refractivity contribution in [2.45, 2.75) is 6.42 Å². The maximum absolute atomic E-state index is 5.91. The molecule has 0 aliphatic rings. The Labute approximate surface area is 134 Å². The van der Waals surface area contributed by atoms with Gasteiger partial charge in [0, 0.05) is 6.07 Å². The van der Waals surface area contributed by atoms with Crippen molar-refractivity contribution < 1.29 is 9.47 Å². The summed E-state index contributed by atoms with van der Waals surface area (Å²) in [4.78, 5) is 0. The minimum atomic E-state index is 0.433. The van der Waals surface area contributed by atoms with Crippen LogP contribution in [0, 0.1) is 0 Å². The first-order valence-corrected chi connectivity index (χ1v) is 7.44. The van der Waals surface area contributed by atoms with Crippen LogP contribution in [-0.2, 0) is 6.42 Å². The maximum atomic E-state index is 5.91. The molecule has 2 N–H and O–H groups in total. The third kappa shape index (κ3) is 5.12. The third-order valence-corrected chi connectivity index (χ3v) is 3.61. The van der Waals surface area contributed by atoms with Gasteiger partial charge in [0.05, 0.1) is 10.0 Å². The van der Waals surface area contributed by atoms with Crippen LogP contribution in [0.3, 0.4) is 0 Å². The van der Waals surface area contributed by atoms with E-state index in [1.54, 1.807) is 18.2 Å². The lowest BCUT2D eigenvalue weighted by atomic mass is 10.1. The van der Waals surface area contributed by atoms with E-state index in [9.17, 15) is 0 Å². The third-order valence-electron chi connectivity index (χ3n) is 2.87. The van der Waals surface area contributed by atoms with Gasteiger partial charge < -0.3 is 15.2 Å². The Kier molecular flexibility index (Phi) is 6.18. The highest BCUT2D eigenvalue weighted by molar-refractivity contribution is 6.42. The van der Waals surface area contributed by atoms with Crippen molar-refractivity contribution in [3.05, 3.63) is 58.1 Å². The van der Waals surface area contributed by atoms with Crippen LogP contribution in [0.25, 0.3) is 0 Å². The number of benzene rings is 2. The molecule has 0 spiro atoms. The smallest absolute Gasteiger partial charge is 0.122 e. The second-order valence-electron chi connectivity index (χ2n) is 4.46. The summed E-state index contributed by atoms with van der Waals surface area (Å²) in [6.07, 6.45) is 0.876. The molecule has 0 amide bonds. The lowest BCUT2D eigenvalue weighted by Crippen LogP contribution is -2.09. The minimum Gasteiger partial charge on any atom is -0.490 e. The Hall–Kier alpha value is -1.42. The molecular formula is C16H17Cl2NO2. The molecule has 21 heavy (non-hydrogen) atoms. The molecule has 0 aliphatic carbocycles. The van der Waals surface area contributed by atoms with Gasteiger partial charge in [-0.2, -0.15) is 0 Å². The van der Waals surface area contributed by atoms with Gasteiger partial charge in [-0.15, -0.1) is 0 Å². The predicted molar refractivity (Wildman–Crippen MR) is 86.7 cm³/mol. The van der Waals surface area contributed by atoms with Crippen LogP contribution in [0.15, 0.2) is 42.5 Å². The lowest BCUT2D eigenvalue weighted by molar-refractivity contribution is 0.217. The van der Waals surface area contributed by atoms with Crippen molar-refractivity contribution in [2.24, 2.45) is 5.73 Å². The van der Waals surface area contributed by atoms with Crippen molar-refractivity contribution in [2.75, 3.05) is 19.8 Å². The van der Waals surface area contributed by atoms with Crippen LogP contribution >= 0.6 is 23.2 Å². The molecule has 2 rings (SSSR count). The standard InChI is InChI=1S/C16H17Cl2NO2/c17-15-6-5-14(11-16(15)18)21-10-9-20-13-3-1-12(2-4-13)7-8-19/h1-6,11H,7-10,19H2. The normalized spacial score (nSPS) is 10.4. The summed E-state index contributed by atoms with van der Waals surface area (Å²) in [5, 5.41) is 0.989. The molecule has 0 saturated heterocycles. The summed E-state index contributed by atoms with van der Waals surface area (Å²) >= 11 is 11.7. The van der Waals surface area contributed by atoms with Crippen molar-refractivity contribution in [3.8, 4) is 11.5 Å². The molecule has 0 fully saturated rings. The summed E-state index contributed by atoms with van der Waals surface area (Å²) in [5.41, 5.74) is 6.71. The molecule has 0 aromatic heterocycles. The van der Waals surface area contributed by atoms with Gasteiger partial charge in [-0.1, -0.05) is 35.3 Å². The van der Waals surface area contributed by atoms with Gasteiger partial charge >= 0.3 is 0 Å². The average Bonchev–Trinajstić information content (AvgIpc) is 2.49. The Morgan fingerprint density at radius 2 is 1.43 bits per heavy atom. The number of hydrogen-bond acceptors (Lipinski definition) is 3. The van der Waals surface area contributed by atoms with Crippen molar-refractivity contribution >= 4 is 23.2 Å². The highest BCUT2D eigenvalue weighted by atomic mass is 35.5. The fourth-order valence-corrected chi connectivity index (χ4v) is 2.09. The van der Waals surface area contributed by atoms with Crippen LogP contribution in [0.2, 0.25) is 10.0 Å². The molecule has 0 heterocycles. The molecule has 5 heteroatoms. The van der Waals surface area contributed by atoms with Gasteiger partial charge in [0.1, 0.15) is 24.7 Å². The van der Waals surface area contributed by atoms with Gasteiger partial charge in [0.15, 0.2) is 0 Å². The van der Waals surface area contributed by atoms with Crippen LogP contribution in [0.1, 0.15) is 5.56 Å². The summed E-state index contributed by atoms with van der Waals surface area (Å²) < 4.78 is 11.1. The highest BCUT2D eigenvalue weighted by Crippen LogP contribution is 2.26. The van der Waals surface area contributed by atoms with Crippen molar-refractivity contribution in [3.63, 3.8) is 0 Å². The van der Waals surface area contributed by atoms with E-state index < -0.39 is 0 Å². The number of hydrogen-bond donors (Lipinski definition) is 1. The molecule has 112 valence electrons. The Morgan fingerprint density at radius 1 is 0.810 bits per heavy atom. The quantitative estimate of drug-likeness (QED) is 0.784. The molecule has 0 radical (unpaired) electrons. The summed E-state index contributed by atoms with van der Waals surface area (Å²) in [7, 11) is 0. The predicted octanol–water partition coefficient (Wildman–Crippen LogP) is 3.95. The number of ether oxygens (including phenoxy) is 2. The number of nitrogens with two attached hydrogens (primary N) is 1. The average molecular weight is 326 g/mol. The largest absolute Gasteiger partial charge is 0.490 e. The molecular weight excluding hydrogens is 309 g/mol. The van der Waals surface area contributed by atoms with Crippen LogP contribution in [0.5, 0.6) is 11.5 Å². The van der Waals surface area contributed by atoms with Gasteiger partial charge in [-0.25, -0.2) is 0 Å². The number of rotatable bonds is 7. The molecule has 2 aromatic carbocycles. The second-order valence-corrected chi connectivity index (χ2v) is 5.27. The van der Waals surface area contributed by atoms with Gasteiger partial charge in [0.2, 0.25) is 0 Å². The maximum Gasteiger partial charge on any atom is 0.122 e. The van der Waals surface area contributed by atoms with E-state index in [0.717, 1.165) is 12.2 Å². The zero-order valence-electron chi connectivity index (χ0n) is 11.5. The van der Waals surface area contributed by atoms with E-state index >= 15 is 0 Å². The van der Waals surface area contributed by atoms with E-state index in [1.165, 1.54) is 5.56 Å². The first-order chi connectivity index (χ1) is 10.2. The lowest BCUT2D eigenvalue weighted by Gasteiger charge is -2.09. The summed E-state index contributed by atoms with van der Waals surface area (Å²) in [5.74, 6) is 1.49. The van der Waals surface area contributed by atoms with Gasteiger partial charge in [-0.3, -0.25) is 0 Å². The van der Waals surface area contributed by atoms with Gasteiger partial charge in [0.25, 0.3) is 0 Å². The topological polar surface area (TPSA) is 44.5 Å². The zero-order valence-corrected chi connectivity index (χ0v) is 13.0. The molecule has 0 atom stereocenters. The molecule has 2 aromatic rings. The van der Waals surface area contributed by atoms with E-state index in [4.69, 9.17) is 38.4 Å². The monoisotopic (exact) mass is 325 g/mol. The molecule has 3 nitrogen and oxygen atoms in total. The SMILES string of the molecule is NCCc1ccc(OCCOc2ccc(Cl)c(Cl)c2)cc1. The van der Waals surface area contributed by atoms with Crippen LogP contribution in [-0.4, -0.2) is 19.8 Å². The van der Waals surface area contributed by atoms with E-state index in [2.05, 4.69) is 0 Å². The molecule has 0 unspecified atom stereocenters. The minimum absolute atomic E-state index is 0.433. The fraction of sp³-hybridized carbons (Fsp3) is 0.250. The first kappa shape index (κ1) is 16.0. The second kappa shape index (κ2) is 8.13. The zero-order chi connectivity index (χ0) is 15.1. The van der Waals surface area contributed by atoms with E-state index in [-0.39, 0.29) is 0 Å². The van der Waals surface area contributed by atoms with E-state index in [1.807, 2.05) is 24.3 Å². The van der Waals surface area contributed by atoms with Crippen LogP contribution in [0.4, 0.5) is 0 Å². The molecule has 0 saturated carbocycles. The Morgan fingerprint density at radius 3 is 2.05 bits per heavy atom. The fourth-order valence-electron chi connectivity index (χ4n) is 1.80. The summed E-state index contributed by atoms with van der Waals surface area (Å²) in [6.45, 7) is 1.54. The molecule has 0 aliphatic heterocycles.